The first-order valence-corrected chi connectivity index (χ1v) is 9.57. The molecule has 0 saturated heterocycles. The molecule has 1 N–H and O–H groups in total. The molecule has 1 amide bonds. The third-order valence-corrected chi connectivity index (χ3v) is 4.88. The number of carbonyl (C=O) groups is 1. The number of thioether (sulfide) groups is 1. The van der Waals surface area contributed by atoms with Gasteiger partial charge >= 0.3 is 0 Å². The van der Waals surface area contributed by atoms with Crippen LogP contribution in [0.1, 0.15) is 28.9 Å². The standard InChI is InChI=1S/C19H26N4O2S/c1-14-8-11-23(15(2)13-22(3)4)19(25)17(14)18(24)21-10-12-26-16-7-5-6-9-20-16/h5-9,11,15H,10,12-13H2,1-4H3,(H,21,24). The number of aromatic nitrogens is 2. The van der Waals surface area contributed by atoms with E-state index in [1.165, 1.54) is 0 Å². The van der Waals surface area contributed by atoms with E-state index in [-0.39, 0.29) is 23.1 Å². The lowest BCUT2D eigenvalue weighted by Crippen LogP contribution is -2.37. The first kappa shape index (κ1) is 20.2. The average molecular weight is 375 g/mol. The van der Waals surface area contributed by atoms with Crippen LogP contribution in [-0.4, -0.2) is 53.3 Å². The Bertz CT molecular complexity index is 790. The molecule has 0 aliphatic rings. The van der Waals surface area contributed by atoms with Gasteiger partial charge in [0.2, 0.25) is 0 Å². The predicted molar refractivity (Wildman–Crippen MR) is 106 cm³/mol. The number of nitrogens with one attached hydrogen (secondary N) is 1. The zero-order valence-electron chi connectivity index (χ0n) is 15.7. The second-order valence-corrected chi connectivity index (χ2v) is 7.58. The lowest BCUT2D eigenvalue weighted by Gasteiger charge is -2.20. The van der Waals surface area contributed by atoms with Crippen LogP contribution in [0.2, 0.25) is 0 Å². The maximum atomic E-state index is 12.8. The Balaban J connectivity index is 2.02. The van der Waals surface area contributed by atoms with E-state index in [1.54, 1.807) is 35.6 Å². The largest absolute Gasteiger partial charge is 0.351 e. The van der Waals surface area contributed by atoms with Crippen molar-refractivity contribution in [1.82, 2.24) is 19.8 Å². The Labute approximate surface area is 158 Å². The van der Waals surface area contributed by atoms with Crippen LogP contribution in [0.3, 0.4) is 0 Å². The lowest BCUT2D eigenvalue weighted by atomic mass is 10.1. The molecule has 0 fully saturated rings. The molecule has 26 heavy (non-hydrogen) atoms. The van der Waals surface area contributed by atoms with Crippen molar-refractivity contribution in [2.75, 3.05) is 32.9 Å². The Morgan fingerprint density at radius 2 is 2.12 bits per heavy atom. The highest BCUT2D eigenvalue weighted by Gasteiger charge is 2.18. The predicted octanol–water partition coefficient (Wildman–Crippen LogP) is 2.20. The fraction of sp³-hybridized carbons (Fsp3) is 0.421. The molecule has 6 nitrogen and oxygen atoms in total. The van der Waals surface area contributed by atoms with Gasteiger partial charge in [-0.25, -0.2) is 4.98 Å². The van der Waals surface area contributed by atoms with E-state index < -0.39 is 0 Å². The summed E-state index contributed by atoms with van der Waals surface area (Å²) in [6.07, 6.45) is 3.51. The Morgan fingerprint density at radius 3 is 2.77 bits per heavy atom. The van der Waals surface area contributed by atoms with Gasteiger partial charge < -0.3 is 14.8 Å². The SMILES string of the molecule is Cc1ccn(C(C)CN(C)C)c(=O)c1C(=O)NCCSc1ccccn1. The Kier molecular flexibility index (Phi) is 7.41. The van der Waals surface area contributed by atoms with E-state index in [9.17, 15) is 9.59 Å². The van der Waals surface area contributed by atoms with Crippen LogP contribution in [0.15, 0.2) is 46.5 Å². The molecule has 2 rings (SSSR count). The molecule has 0 aromatic carbocycles. The van der Waals surface area contributed by atoms with E-state index >= 15 is 0 Å². The summed E-state index contributed by atoms with van der Waals surface area (Å²) in [6, 6.07) is 7.54. The molecule has 2 aromatic heterocycles. The van der Waals surface area contributed by atoms with Gasteiger partial charge in [-0.15, -0.1) is 11.8 Å². The minimum Gasteiger partial charge on any atom is -0.351 e. The van der Waals surface area contributed by atoms with E-state index in [0.717, 1.165) is 11.6 Å². The van der Waals surface area contributed by atoms with Crippen molar-refractivity contribution in [3.63, 3.8) is 0 Å². The summed E-state index contributed by atoms with van der Waals surface area (Å²) in [4.78, 5) is 31.6. The fourth-order valence-electron chi connectivity index (χ4n) is 2.72. The molecular formula is C19H26N4O2S. The number of carbonyl (C=O) groups excluding carboxylic acids is 1. The lowest BCUT2D eigenvalue weighted by molar-refractivity contribution is 0.0953. The first-order valence-electron chi connectivity index (χ1n) is 8.58. The van der Waals surface area contributed by atoms with Gasteiger partial charge in [-0.05, 0) is 51.7 Å². The third-order valence-electron chi connectivity index (χ3n) is 3.93. The van der Waals surface area contributed by atoms with E-state index in [2.05, 4.69) is 10.3 Å². The van der Waals surface area contributed by atoms with Crippen molar-refractivity contribution < 1.29 is 4.79 Å². The van der Waals surface area contributed by atoms with Gasteiger partial charge in [-0.2, -0.15) is 0 Å². The van der Waals surface area contributed by atoms with Gasteiger partial charge in [0.25, 0.3) is 11.5 Å². The summed E-state index contributed by atoms with van der Waals surface area (Å²) in [6.45, 7) is 4.97. The van der Waals surface area contributed by atoms with Crippen LogP contribution in [0.5, 0.6) is 0 Å². The van der Waals surface area contributed by atoms with Crippen molar-refractivity contribution in [3.8, 4) is 0 Å². The topological polar surface area (TPSA) is 67.2 Å². The maximum Gasteiger partial charge on any atom is 0.263 e. The number of amides is 1. The minimum absolute atomic E-state index is 0.00985. The number of hydrogen-bond donors (Lipinski definition) is 1. The van der Waals surface area contributed by atoms with E-state index in [1.807, 2.05) is 50.2 Å². The molecule has 0 aliphatic heterocycles. The minimum atomic E-state index is -0.319. The van der Waals surface area contributed by atoms with Gasteiger partial charge in [0.05, 0.1) is 5.03 Å². The number of nitrogens with zero attached hydrogens (tertiary/aromatic N) is 3. The van der Waals surface area contributed by atoms with Gasteiger partial charge in [0.1, 0.15) is 5.56 Å². The van der Waals surface area contributed by atoms with Gasteiger partial charge in [-0.1, -0.05) is 6.07 Å². The number of likely N-dealkylation sites (N-methyl/N-ethyl adjacent to an activating group) is 1. The highest BCUT2D eigenvalue weighted by molar-refractivity contribution is 7.99. The summed E-state index contributed by atoms with van der Waals surface area (Å²) in [5, 5.41) is 3.76. The molecule has 0 bridgehead atoms. The Morgan fingerprint density at radius 1 is 1.35 bits per heavy atom. The molecule has 1 atom stereocenters. The Hall–Kier alpha value is -2.12. The maximum absolute atomic E-state index is 12.8. The van der Waals surface area contributed by atoms with Crippen LogP contribution in [0.4, 0.5) is 0 Å². The van der Waals surface area contributed by atoms with Crippen LogP contribution in [0.25, 0.3) is 0 Å². The molecule has 0 radical (unpaired) electrons. The molecule has 140 valence electrons. The van der Waals surface area contributed by atoms with Gasteiger partial charge in [0, 0.05) is 37.3 Å². The molecule has 0 saturated carbocycles. The van der Waals surface area contributed by atoms with Crippen molar-refractivity contribution in [3.05, 3.63) is 58.1 Å². The quantitative estimate of drug-likeness (QED) is 0.567. The van der Waals surface area contributed by atoms with Crippen molar-refractivity contribution in [2.24, 2.45) is 0 Å². The van der Waals surface area contributed by atoms with Crippen LogP contribution in [-0.2, 0) is 0 Å². The van der Waals surface area contributed by atoms with Crippen molar-refractivity contribution >= 4 is 17.7 Å². The summed E-state index contributed by atoms with van der Waals surface area (Å²) in [7, 11) is 3.92. The molecule has 1 unspecified atom stereocenters. The molecule has 0 spiro atoms. The summed E-state index contributed by atoms with van der Waals surface area (Å²) < 4.78 is 1.63. The summed E-state index contributed by atoms with van der Waals surface area (Å²) in [5.74, 6) is 0.375. The second kappa shape index (κ2) is 9.54. The van der Waals surface area contributed by atoms with E-state index in [4.69, 9.17) is 0 Å². The fourth-order valence-corrected chi connectivity index (χ4v) is 3.45. The van der Waals surface area contributed by atoms with Crippen molar-refractivity contribution in [2.45, 2.75) is 24.9 Å². The first-order chi connectivity index (χ1) is 12.4. The summed E-state index contributed by atoms with van der Waals surface area (Å²) in [5.41, 5.74) is 0.674. The molecule has 7 heteroatoms. The van der Waals surface area contributed by atoms with Crippen molar-refractivity contribution in [1.29, 1.82) is 0 Å². The zero-order chi connectivity index (χ0) is 19.1. The number of hydrogen-bond acceptors (Lipinski definition) is 5. The third kappa shape index (κ3) is 5.44. The van der Waals surface area contributed by atoms with Gasteiger partial charge in [0.15, 0.2) is 0 Å². The number of rotatable bonds is 8. The molecule has 2 heterocycles. The highest BCUT2D eigenvalue weighted by Crippen LogP contribution is 2.13. The average Bonchev–Trinajstić information content (AvgIpc) is 2.59. The van der Waals surface area contributed by atoms with Crippen LogP contribution >= 0.6 is 11.8 Å². The van der Waals surface area contributed by atoms with E-state index in [0.29, 0.717) is 17.9 Å². The number of pyridine rings is 2. The summed E-state index contributed by atoms with van der Waals surface area (Å²) >= 11 is 1.57. The smallest absolute Gasteiger partial charge is 0.263 e. The van der Waals surface area contributed by atoms with Gasteiger partial charge in [-0.3, -0.25) is 9.59 Å². The zero-order valence-corrected chi connectivity index (χ0v) is 16.5. The van der Waals surface area contributed by atoms with Crippen LogP contribution in [0, 0.1) is 6.92 Å². The molecule has 2 aromatic rings. The monoisotopic (exact) mass is 374 g/mol. The highest BCUT2D eigenvalue weighted by atomic mass is 32.2. The normalized spacial score (nSPS) is 12.2. The number of aryl methyl sites for hydroxylation is 1. The van der Waals surface area contributed by atoms with Crippen LogP contribution < -0.4 is 10.9 Å². The molecular weight excluding hydrogens is 348 g/mol. The molecule has 0 aliphatic carbocycles. The second-order valence-electron chi connectivity index (χ2n) is 6.47.